The van der Waals surface area contributed by atoms with Gasteiger partial charge < -0.3 is 15.4 Å². The summed E-state index contributed by atoms with van der Waals surface area (Å²) in [5.41, 5.74) is 0. The van der Waals surface area contributed by atoms with E-state index in [1.54, 1.807) is 4.90 Å². The Bertz CT molecular complexity index is 435. The lowest BCUT2D eigenvalue weighted by atomic mass is 10.3. The Morgan fingerprint density at radius 1 is 1.58 bits per heavy atom. The maximum atomic E-state index is 11.7. The van der Waals surface area contributed by atoms with E-state index >= 15 is 0 Å². The van der Waals surface area contributed by atoms with E-state index in [2.05, 4.69) is 10.6 Å². The van der Waals surface area contributed by atoms with E-state index in [1.807, 2.05) is 24.4 Å². The highest BCUT2D eigenvalue weighted by atomic mass is 32.1. The molecule has 0 radical (unpaired) electrons. The van der Waals surface area contributed by atoms with Gasteiger partial charge in [0.2, 0.25) is 0 Å². The van der Waals surface area contributed by atoms with Crippen molar-refractivity contribution >= 4 is 28.5 Å². The Labute approximate surface area is 115 Å². The topological polar surface area (TPSA) is 70.7 Å². The van der Waals surface area contributed by atoms with Crippen LogP contribution in [0.5, 0.6) is 0 Å². The third-order valence-corrected chi connectivity index (χ3v) is 3.56. The first-order valence-corrected chi connectivity index (χ1v) is 7.12. The van der Waals surface area contributed by atoms with Gasteiger partial charge in [-0.25, -0.2) is 9.59 Å². The fourth-order valence-corrected chi connectivity index (χ4v) is 2.47. The molecule has 6 nitrogen and oxygen atoms in total. The number of carbonyl (C=O) groups excluding carboxylic acids is 2. The molecule has 1 atom stereocenters. The average molecular weight is 283 g/mol. The maximum Gasteiger partial charge on any atom is 0.415 e. The molecular weight excluding hydrogens is 266 g/mol. The van der Waals surface area contributed by atoms with Crippen molar-refractivity contribution in [2.45, 2.75) is 19.4 Å². The van der Waals surface area contributed by atoms with E-state index in [4.69, 9.17) is 4.74 Å². The van der Waals surface area contributed by atoms with Gasteiger partial charge in [0.15, 0.2) is 0 Å². The summed E-state index contributed by atoms with van der Waals surface area (Å²) in [5, 5.41) is 8.17. The van der Waals surface area contributed by atoms with Gasteiger partial charge in [0, 0.05) is 6.54 Å². The van der Waals surface area contributed by atoms with Crippen LogP contribution in [-0.4, -0.2) is 37.9 Å². The van der Waals surface area contributed by atoms with Crippen LogP contribution in [0.3, 0.4) is 0 Å². The van der Waals surface area contributed by atoms with Crippen molar-refractivity contribution in [3.8, 4) is 0 Å². The molecule has 1 aliphatic rings. The van der Waals surface area contributed by atoms with Crippen molar-refractivity contribution < 1.29 is 14.3 Å². The van der Waals surface area contributed by atoms with Crippen LogP contribution in [0.2, 0.25) is 0 Å². The van der Waals surface area contributed by atoms with Gasteiger partial charge in [-0.2, -0.15) is 0 Å². The normalized spacial score (nSPS) is 18.3. The number of thiophene rings is 1. The lowest BCUT2D eigenvalue weighted by molar-refractivity contribution is 0.140. The maximum absolute atomic E-state index is 11.7. The smallest absolute Gasteiger partial charge is 0.415 e. The number of hydrogen-bond donors (Lipinski definition) is 2. The molecule has 1 aromatic rings. The summed E-state index contributed by atoms with van der Waals surface area (Å²) in [6.07, 6.45) is 0.225. The van der Waals surface area contributed by atoms with E-state index < -0.39 is 0 Å². The van der Waals surface area contributed by atoms with Crippen LogP contribution in [0.15, 0.2) is 17.5 Å². The summed E-state index contributed by atoms with van der Waals surface area (Å²) < 4.78 is 5.20. The van der Waals surface area contributed by atoms with Gasteiger partial charge >= 0.3 is 12.1 Å². The van der Waals surface area contributed by atoms with Crippen LogP contribution < -0.4 is 15.5 Å². The van der Waals surface area contributed by atoms with Gasteiger partial charge in [0.1, 0.15) is 11.1 Å². The number of cyclic esters (lactones) is 1. The highest BCUT2D eigenvalue weighted by Crippen LogP contribution is 2.25. The molecule has 1 aromatic heterocycles. The van der Waals surface area contributed by atoms with Crippen LogP contribution in [0.4, 0.5) is 14.6 Å². The molecule has 2 rings (SSSR count). The Hall–Kier alpha value is -1.76. The van der Waals surface area contributed by atoms with Crippen molar-refractivity contribution in [2.24, 2.45) is 0 Å². The minimum absolute atomic E-state index is 0.229. The molecular formula is C12H17N3O3S. The van der Waals surface area contributed by atoms with Crippen molar-refractivity contribution in [2.75, 3.05) is 24.5 Å². The molecule has 1 fully saturated rings. The summed E-state index contributed by atoms with van der Waals surface area (Å²) in [6.45, 7) is 3.41. The first-order chi connectivity index (χ1) is 9.20. The second kappa shape index (κ2) is 6.42. The summed E-state index contributed by atoms with van der Waals surface area (Å²) in [6, 6.07) is 3.53. The first-order valence-electron chi connectivity index (χ1n) is 6.24. The second-order valence-corrected chi connectivity index (χ2v) is 5.13. The number of hydrogen-bond acceptors (Lipinski definition) is 4. The second-order valence-electron chi connectivity index (χ2n) is 4.20. The zero-order chi connectivity index (χ0) is 13.7. The number of carbonyl (C=O) groups is 2. The molecule has 2 heterocycles. The van der Waals surface area contributed by atoms with Gasteiger partial charge in [-0.3, -0.25) is 4.90 Å². The number of amides is 3. The highest BCUT2D eigenvalue weighted by Gasteiger charge is 2.32. The average Bonchev–Trinajstić information content (AvgIpc) is 3.02. The third kappa shape index (κ3) is 3.60. The molecule has 0 bridgehead atoms. The summed E-state index contributed by atoms with van der Waals surface area (Å²) in [5.74, 6) is 0. The zero-order valence-electron chi connectivity index (χ0n) is 10.7. The monoisotopic (exact) mass is 283 g/mol. The predicted octanol–water partition coefficient (Wildman–Crippen LogP) is 1.78. The van der Waals surface area contributed by atoms with E-state index in [1.165, 1.54) is 11.3 Å². The zero-order valence-corrected chi connectivity index (χ0v) is 11.5. The van der Waals surface area contributed by atoms with Gasteiger partial charge in [-0.05, 0) is 23.9 Å². The first kappa shape index (κ1) is 13.7. The molecule has 1 saturated heterocycles. The lowest BCUT2D eigenvalue weighted by Gasteiger charge is -2.11. The molecule has 0 aromatic carbocycles. The van der Waals surface area contributed by atoms with E-state index in [0.29, 0.717) is 19.6 Å². The highest BCUT2D eigenvalue weighted by molar-refractivity contribution is 7.14. The Balaban J connectivity index is 1.78. The van der Waals surface area contributed by atoms with E-state index in [0.717, 1.165) is 11.4 Å². The van der Waals surface area contributed by atoms with Crippen LogP contribution in [0, 0.1) is 0 Å². The molecule has 0 aliphatic carbocycles. The fourth-order valence-electron chi connectivity index (χ4n) is 1.74. The molecule has 1 aliphatic heterocycles. The number of nitrogens with zero attached hydrogens (tertiary/aromatic N) is 1. The van der Waals surface area contributed by atoms with Crippen molar-refractivity contribution in [3.63, 3.8) is 0 Å². The standard InChI is InChI=1S/C12H17N3O3S/c1-2-5-13-11(16)14-7-9-8-15(12(17)18-9)10-4-3-6-19-10/h3-4,6,9H,2,5,7-8H2,1H3,(H2,13,14,16). The molecule has 0 spiro atoms. The van der Waals surface area contributed by atoms with Crippen molar-refractivity contribution in [1.82, 2.24) is 10.6 Å². The van der Waals surface area contributed by atoms with Crippen LogP contribution >= 0.6 is 11.3 Å². The molecule has 7 heteroatoms. The minimum atomic E-state index is -0.358. The summed E-state index contributed by atoms with van der Waals surface area (Å²) in [4.78, 5) is 24.6. The third-order valence-electron chi connectivity index (χ3n) is 2.67. The number of rotatable bonds is 5. The van der Waals surface area contributed by atoms with E-state index in [-0.39, 0.29) is 18.2 Å². The summed E-state index contributed by atoms with van der Waals surface area (Å²) in [7, 11) is 0. The largest absolute Gasteiger partial charge is 0.442 e. The Kier molecular flexibility index (Phi) is 4.62. The van der Waals surface area contributed by atoms with Gasteiger partial charge in [-0.15, -0.1) is 11.3 Å². The Morgan fingerprint density at radius 2 is 2.42 bits per heavy atom. The molecule has 1 unspecified atom stereocenters. The predicted molar refractivity (Wildman–Crippen MR) is 73.6 cm³/mol. The van der Waals surface area contributed by atoms with Gasteiger partial charge in [-0.1, -0.05) is 6.92 Å². The SMILES string of the molecule is CCCNC(=O)NCC1CN(c2cccs2)C(=O)O1. The molecule has 3 amide bonds. The minimum Gasteiger partial charge on any atom is -0.442 e. The van der Waals surface area contributed by atoms with Gasteiger partial charge in [0.25, 0.3) is 0 Å². The van der Waals surface area contributed by atoms with Crippen LogP contribution in [-0.2, 0) is 4.74 Å². The molecule has 104 valence electrons. The van der Waals surface area contributed by atoms with Gasteiger partial charge in [0.05, 0.1) is 13.1 Å². The Morgan fingerprint density at radius 3 is 3.11 bits per heavy atom. The molecule has 2 N–H and O–H groups in total. The van der Waals surface area contributed by atoms with Crippen molar-refractivity contribution in [3.05, 3.63) is 17.5 Å². The lowest BCUT2D eigenvalue weighted by Crippen LogP contribution is -2.41. The van der Waals surface area contributed by atoms with Crippen molar-refractivity contribution in [1.29, 1.82) is 0 Å². The number of urea groups is 1. The van der Waals surface area contributed by atoms with E-state index in [9.17, 15) is 9.59 Å². The number of ether oxygens (including phenoxy) is 1. The number of nitrogens with one attached hydrogen (secondary N) is 2. The number of anilines is 1. The fraction of sp³-hybridized carbons (Fsp3) is 0.500. The molecule has 19 heavy (non-hydrogen) atoms. The molecule has 0 saturated carbocycles. The van der Waals surface area contributed by atoms with Crippen LogP contribution in [0.1, 0.15) is 13.3 Å². The quantitative estimate of drug-likeness (QED) is 0.865. The van der Waals surface area contributed by atoms with Crippen LogP contribution in [0.25, 0.3) is 0 Å². The summed E-state index contributed by atoms with van der Waals surface area (Å²) >= 11 is 1.49.